The number of thioether (sulfide) groups is 1. The van der Waals surface area contributed by atoms with E-state index in [0.29, 0.717) is 6.04 Å². The van der Waals surface area contributed by atoms with Gasteiger partial charge in [-0.15, -0.1) is 0 Å². The van der Waals surface area contributed by atoms with Crippen LogP contribution in [-0.2, 0) is 0 Å². The molecule has 3 rings (SSSR count). The van der Waals surface area contributed by atoms with Crippen molar-refractivity contribution >= 4 is 17.4 Å². The summed E-state index contributed by atoms with van der Waals surface area (Å²) in [5.74, 6) is 2.03. The van der Waals surface area contributed by atoms with E-state index in [2.05, 4.69) is 28.4 Å². The molecular formula is C13H16N4S. The number of hydrogen-bond donors (Lipinski definition) is 1. The Kier molecular flexibility index (Phi) is 3.23. The second-order valence-corrected chi connectivity index (χ2v) is 6.05. The van der Waals surface area contributed by atoms with Gasteiger partial charge in [-0.2, -0.15) is 16.9 Å². The largest absolute Gasteiger partial charge is 0.380 e. The molecule has 5 heteroatoms. The molecule has 1 saturated heterocycles. The Labute approximate surface area is 111 Å². The van der Waals surface area contributed by atoms with Crippen molar-refractivity contribution in [3.05, 3.63) is 36.8 Å². The van der Waals surface area contributed by atoms with Crippen LogP contribution in [0.4, 0.5) is 5.69 Å². The van der Waals surface area contributed by atoms with E-state index in [4.69, 9.17) is 0 Å². The topological polar surface area (TPSA) is 42.7 Å². The molecule has 0 aromatic carbocycles. The van der Waals surface area contributed by atoms with Crippen LogP contribution in [0.2, 0.25) is 0 Å². The maximum atomic E-state index is 4.41. The van der Waals surface area contributed by atoms with Crippen LogP contribution in [0.1, 0.15) is 13.3 Å². The number of pyridine rings is 1. The molecule has 18 heavy (non-hydrogen) atoms. The van der Waals surface area contributed by atoms with Crippen LogP contribution in [0.5, 0.6) is 0 Å². The van der Waals surface area contributed by atoms with E-state index in [9.17, 15) is 0 Å². The maximum absolute atomic E-state index is 4.41. The molecule has 94 valence electrons. The predicted octanol–water partition coefficient (Wildman–Crippen LogP) is 2.57. The van der Waals surface area contributed by atoms with E-state index in [1.807, 2.05) is 36.3 Å². The fraction of sp³-hybridized carbons (Fsp3) is 0.385. The molecule has 0 saturated carbocycles. The first kappa shape index (κ1) is 11.6. The van der Waals surface area contributed by atoms with E-state index in [1.165, 1.54) is 12.2 Å². The molecule has 1 N–H and O–H groups in total. The van der Waals surface area contributed by atoms with E-state index in [-0.39, 0.29) is 0 Å². The van der Waals surface area contributed by atoms with Crippen LogP contribution in [0, 0.1) is 0 Å². The molecule has 0 amide bonds. The van der Waals surface area contributed by atoms with Gasteiger partial charge in [0.1, 0.15) is 0 Å². The lowest BCUT2D eigenvalue weighted by atomic mass is 10.2. The van der Waals surface area contributed by atoms with Gasteiger partial charge in [0.05, 0.1) is 11.9 Å². The van der Waals surface area contributed by atoms with Gasteiger partial charge < -0.3 is 5.32 Å². The van der Waals surface area contributed by atoms with Crippen molar-refractivity contribution < 1.29 is 0 Å². The lowest BCUT2D eigenvalue weighted by Gasteiger charge is -2.13. The second kappa shape index (κ2) is 5.02. The molecule has 0 aliphatic carbocycles. The van der Waals surface area contributed by atoms with Crippen LogP contribution < -0.4 is 5.32 Å². The highest BCUT2D eigenvalue weighted by Gasteiger charge is 2.21. The third kappa shape index (κ3) is 2.51. The highest BCUT2D eigenvalue weighted by atomic mass is 32.2. The summed E-state index contributed by atoms with van der Waals surface area (Å²) in [5, 5.41) is 8.45. The average molecular weight is 260 g/mol. The molecule has 2 aromatic rings. The first-order valence-corrected chi connectivity index (χ1v) is 7.20. The molecule has 2 aromatic heterocycles. The van der Waals surface area contributed by atoms with E-state index >= 15 is 0 Å². The SMILES string of the molecule is CC1CC(Nc2ccc(-n3cccn3)nc2)CS1. The molecule has 1 aliphatic heterocycles. The van der Waals surface area contributed by atoms with Crippen molar-refractivity contribution in [1.29, 1.82) is 0 Å². The van der Waals surface area contributed by atoms with Gasteiger partial charge in [-0.3, -0.25) is 0 Å². The monoisotopic (exact) mass is 260 g/mol. The van der Waals surface area contributed by atoms with Crippen molar-refractivity contribution in [2.24, 2.45) is 0 Å². The third-order valence-corrected chi connectivity index (χ3v) is 4.41. The molecular weight excluding hydrogens is 244 g/mol. The molecule has 2 unspecified atom stereocenters. The predicted molar refractivity (Wildman–Crippen MR) is 75.3 cm³/mol. The van der Waals surface area contributed by atoms with Crippen molar-refractivity contribution in [1.82, 2.24) is 14.8 Å². The zero-order chi connectivity index (χ0) is 12.4. The Bertz CT molecular complexity index is 494. The summed E-state index contributed by atoms with van der Waals surface area (Å²) >= 11 is 2.03. The van der Waals surface area contributed by atoms with Gasteiger partial charge in [-0.1, -0.05) is 6.92 Å². The molecule has 0 spiro atoms. The number of hydrogen-bond acceptors (Lipinski definition) is 4. The summed E-state index contributed by atoms with van der Waals surface area (Å²) in [5.41, 5.74) is 1.09. The molecule has 0 radical (unpaired) electrons. The Morgan fingerprint density at radius 3 is 3.00 bits per heavy atom. The summed E-state index contributed by atoms with van der Waals surface area (Å²) in [6.07, 6.45) is 6.76. The van der Waals surface area contributed by atoms with Gasteiger partial charge in [-0.25, -0.2) is 9.67 Å². The van der Waals surface area contributed by atoms with Gasteiger partial charge in [0, 0.05) is 29.4 Å². The zero-order valence-electron chi connectivity index (χ0n) is 10.3. The van der Waals surface area contributed by atoms with Crippen LogP contribution in [0.15, 0.2) is 36.8 Å². The number of rotatable bonds is 3. The quantitative estimate of drug-likeness (QED) is 0.921. The first-order valence-electron chi connectivity index (χ1n) is 6.15. The minimum absolute atomic E-state index is 0.572. The minimum Gasteiger partial charge on any atom is -0.380 e. The summed E-state index contributed by atoms with van der Waals surface area (Å²) in [4.78, 5) is 4.41. The Hall–Kier alpha value is -1.49. The summed E-state index contributed by atoms with van der Waals surface area (Å²) in [6, 6.07) is 6.52. The van der Waals surface area contributed by atoms with E-state index in [0.717, 1.165) is 16.8 Å². The van der Waals surface area contributed by atoms with Crippen molar-refractivity contribution in [3.63, 3.8) is 0 Å². The number of anilines is 1. The Morgan fingerprint density at radius 2 is 2.39 bits per heavy atom. The van der Waals surface area contributed by atoms with Crippen molar-refractivity contribution in [2.75, 3.05) is 11.1 Å². The van der Waals surface area contributed by atoms with Crippen LogP contribution >= 0.6 is 11.8 Å². The number of aromatic nitrogens is 3. The Balaban J connectivity index is 1.68. The van der Waals surface area contributed by atoms with Crippen LogP contribution in [-0.4, -0.2) is 31.8 Å². The molecule has 3 heterocycles. The zero-order valence-corrected chi connectivity index (χ0v) is 11.1. The van der Waals surface area contributed by atoms with Crippen LogP contribution in [0.25, 0.3) is 5.82 Å². The van der Waals surface area contributed by atoms with Gasteiger partial charge >= 0.3 is 0 Å². The number of nitrogens with one attached hydrogen (secondary N) is 1. The van der Waals surface area contributed by atoms with Gasteiger partial charge in [0.15, 0.2) is 5.82 Å². The van der Waals surface area contributed by atoms with Gasteiger partial charge in [0.25, 0.3) is 0 Å². The lowest BCUT2D eigenvalue weighted by Crippen LogP contribution is -2.19. The highest BCUT2D eigenvalue weighted by Crippen LogP contribution is 2.28. The maximum Gasteiger partial charge on any atom is 0.153 e. The molecule has 1 aliphatic rings. The fourth-order valence-electron chi connectivity index (χ4n) is 2.16. The first-order chi connectivity index (χ1) is 8.81. The molecule has 2 atom stereocenters. The fourth-order valence-corrected chi connectivity index (χ4v) is 3.31. The van der Waals surface area contributed by atoms with E-state index in [1.54, 1.807) is 10.9 Å². The Morgan fingerprint density at radius 1 is 1.44 bits per heavy atom. The smallest absolute Gasteiger partial charge is 0.153 e. The molecule has 0 bridgehead atoms. The van der Waals surface area contributed by atoms with E-state index < -0.39 is 0 Å². The third-order valence-electron chi connectivity index (χ3n) is 3.06. The van der Waals surface area contributed by atoms with Gasteiger partial charge in [0.2, 0.25) is 0 Å². The lowest BCUT2D eigenvalue weighted by molar-refractivity contribution is 0.746. The summed E-state index contributed by atoms with van der Waals surface area (Å²) < 4.78 is 1.76. The molecule has 1 fully saturated rings. The standard InChI is InChI=1S/C13H16N4S/c1-10-7-12(9-18-10)16-11-3-4-13(14-8-11)17-6-2-5-15-17/h2-6,8,10,12,16H,7,9H2,1H3. The van der Waals surface area contributed by atoms with Crippen LogP contribution in [0.3, 0.4) is 0 Å². The average Bonchev–Trinajstić information content (AvgIpc) is 3.02. The normalized spacial score (nSPS) is 23.2. The molecule has 4 nitrogen and oxygen atoms in total. The summed E-state index contributed by atoms with van der Waals surface area (Å²) in [6.45, 7) is 2.28. The van der Waals surface area contributed by atoms with Gasteiger partial charge in [-0.05, 0) is 24.6 Å². The highest BCUT2D eigenvalue weighted by molar-refractivity contribution is 8.00. The number of nitrogens with zero attached hydrogens (tertiary/aromatic N) is 3. The second-order valence-electron chi connectivity index (χ2n) is 4.58. The van der Waals surface area contributed by atoms with Crippen molar-refractivity contribution in [2.45, 2.75) is 24.6 Å². The van der Waals surface area contributed by atoms with Crippen molar-refractivity contribution in [3.8, 4) is 5.82 Å². The minimum atomic E-state index is 0.572. The summed E-state index contributed by atoms with van der Waals surface area (Å²) in [7, 11) is 0.